The van der Waals surface area contributed by atoms with Crippen LogP contribution >= 0.6 is 22.9 Å². The first-order chi connectivity index (χ1) is 12.6. The van der Waals surface area contributed by atoms with E-state index in [1.165, 1.54) is 11.3 Å². The van der Waals surface area contributed by atoms with Crippen LogP contribution in [0.5, 0.6) is 0 Å². The monoisotopic (exact) mass is 386 g/mol. The zero-order valence-electron chi connectivity index (χ0n) is 14.3. The predicted molar refractivity (Wildman–Crippen MR) is 105 cm³/mol. The first-order valence-electron chi connectivity index (χ1n) is 8.54. The lowest BCUT2D eigenvalue weighted by molar-refractivity contribution is -0.0691. The molecule has 1 aromatic carbocycles. The van der Waals surface area contributed by atoms with E-state index in [9.17, 15) is 4.79 Å². The minimum absolute atomic E-state index is 0.0156. The molecule has 2 atom stereocenters. The standard InChI is InChI=1S/C20H19ClN2O2S/c1-13-11-23(12-17(25-13)14-5-3-2-4-6-14)20(24)16-10-22-9-15(16)18-7-8-19(21)26-18/h2-10,13,17,22H,11-12H2,1H3/t13-,17+/m0/s1. The summed E-state index contributed by atoms with van der Waals surface area (Å²) in [4.78, 5) is 19.1. The van der Waals surface area contributed by atoms with Crippen LogP contribution in [0.15, 0.2) is 54.9 Å². The third-order valence-corrected chi connectivity index (χ3v) is 5.80. The average Bonchev–Trinajstić information content (AvgIpc) is 3.30. The van der Waals surface area contributed by atoms with Gasteiger partial charge in [0.25, 0.3) is 5.91 Å². The molecule has 1 amide bonds. The maximum atomic E-state index is 13.2. The molecule has 134 valence electrons. The number of halogens is 1. The van der Waals surface area contributed by atoms with Crippen LogP contribution < -0.4 is 0 Å². The van der Waals surface area contributed by atoms with Crippen molar-refractivity contribution in [2.75, 3.05) is 13.1 Å². The van der Waals surface area contributed by atoms with Gasteiger partial charge in [-0.25, -0.2) is 0 Å². The summed E-state index contributed by atoms with van der Waals surface area (Å²) in [5.41, 5.74) is 2.66. The summed E-state index contributed by atoms with van der Waals surface area (Å²) < 4.78 is 6.78. The minimum atomic E-state index is -0.109. The summed E-state index contributed by atoms with van der Waals surface area (Å²) in [6.45, 7) is 3.13. The molecule has 1 saturated heterocycles. The van der Waals surface area contributed by atoms with E-state index in [1.54, 1.807) is 6.20 Å². The van der Waals surface area contributed by atoms with Gasteiger partial charge in [0.2, 0.25) is 0 Å². The van der Waals surface area contributed by atoms with Gasteiger partial charge in [-0.1, -0.05) is 41.9 Å². The molecule has 0 unspecified atom stereocenters. The van der Waals surface area contributed by atoms with Crippen LogP contribution in [0.1, 0.15) is 28.9 Å². The van der Waals surface area contributed by atoms with Gasteiger partial charge in [0.05, 0.1) is 22.5 Å². The quantitative estimate of drug-likeness (QED) is 0.688. The molecule has 6 heteroatoms. The van der Waals surface area contributed by atoms with Crippen molar-refractivity contribution in [3.63, 3.8) is 0 Å². The van der Waals surface area contributed by atoms with Crippen LogP contribution in [0.4, 0.5) is 0 Å². The number of nitrogens with one attached hydrogen (secondary N) is 1. The molecule has 0 saturated carbocycles. The summed E-state index contributed by atoms with van der Waals surface area (Å²) in [7, 11) is 0. The number of thiophene rings is 1. The topological polar surface area (TPSA) is 45.3 Å². The fourth-order valence-electron chi connectivity index (χ4n) is 3.34. The van der Waals surface area contributed by atoms with E-state index >= 15 is 0 Å². The van der Waals surface area contributed by atoms with E-state index in [4.69, 9.17) is 16.3 Å². The van der Waals surface area contributed by atoms with Crippen molar-refractivity contribution in [2.24, 2.45) is 0 Å². The number of nitrogens with zero attached hydrogens (tertiary/aromatic N) is 1. The van der Waals surface area contributed by atoms with E-state index in [0.29, 0.717) is 23.0 Å². The van der Waals surface area contributed by atoms with Crippen LogP contribution in [0, 0.1) is 0 Å². The summed E-state index contributed by atoms with van der Waals surface area (Å²) in [5.74, 6) is 0.0156. The molecule has 1 aliphatic rings. The Morgan fingerprint density at radius 3 is 2.73 bits per heavy atom. The van der Waals surface area contributed by atoms with Gasteiger partial charge in [-0.05, 0) is 24.6 Å². The highest BCUT2D eigenvalue weighted by Gasteiger charge is 2.31. The Morgan fingerprint density at radius 1 is 1.19 bits per heavy atom. The molecule has 1 N–H and O–H groups in total. The van der Waals surface area contributed by atoms with Crippen LogP contribution in [-0.2, 0) is 4.74 Å². The number of ether oxygens (including phenoxy) is 1. The van der Waals surface area contributed by atoms with Crippen molar-refractivity contribution in [1.82, 2.24) is 9.88 Å². The van der Waals surface area contributed by atoms with E-state index in [2.05, 4.69) is 4.98 Å². The van der Waals surface area contributed by atoms with Gasteiger partial charge in [0, 0.05) is 29.4 Å². The molecular weight excluding hydrogens is 368 g/mol. The smallest absolute Gasteiger partial charge is 0.256 e. The second kappa shape index (κ2) is 7.27. The lowest BCUT2D eigenvalue weighted by atomic mass is 10.1. The highest BCUT2D eigenvalue weighted by molar-refractivity contribution is 7.19. The summed E-state index contributed by atoms with van der Waals surface area (Å²) >= 11 is 7.53. The van der Waals surface area contributed by atoms with Gasteiger partial charge in [-0.2, -0.15) is 0 Å². The Morgan fingerprint density at radius 2 is 2.00 bits per heavy atom. The van der Waals surface area contributed by atoms with Gasteiger partial charge in [-0.15, -0.1) is 11.3 Å². The Bertz CT molecular complexity index is 905. The van der Waals surface area contributed by atoms with Crippen molar-refractivity contribution in [2.45, 2.75) is 19.1 Å². The molecule has 0 aliphatic carbocycles. The number of aromatic nitrogens is 1. The largest absolute Gasteiger partial charge is 0.367 e. The van der Waals surface area contributed by atoms with Gasteiger partial charge in [-0.3, -0.25) is 4.79 Å². The molecule has 3 aromatic rings. The maximum Gasteiger partial charge on any atom is 0.256 e. The maximum absolute atomic E-state index is 13.2. The van der Waals surface area contributed by atoms with Crippen LogP contribution in [0.25, 0.3) is 10.4 Å². The van der Waals surface area contributed by atoms with E-state index in [1.807, 2.05) is 60.5 Å². The lowest BCUT2D eigenvalue weighted by Gasteiger charge is -2.37. The fraction of sp³-hybridized carbons (Fsp3) is 0.250. The van der Waals surface area contributed by atoms with Crippen LogP contribution in [-0.4, -0.2) is 35.0 Å². The second-order valence-corrected chi connectivity index (χ2v) is 8.16. The molecule has 1 aliphatic heterocycles. The Hall–Kier alpha value is -2.08. The average molecular weight is 387 g/mol. The second-order valence-electron chi connectivity index (χ2n) is 6.44. The van der Waals surface area contributed by atoms with Crippen molar-refractivity contribution < 1.29 is 9.53 Å². The SMILES string of the molecule is C[C@H]1CN(C(=O)c2c[nH]cc2-c2ccc(Cl)s2)C[C@H](c2ccccc2)O1. The van der Waals surface area contributed by atoms with Gasteiger partial charge in [0.1, 0.15) is 6.10 Å². The van der Waals surface area contributed by atoms with E-state index in [-0.39, 0.29) is 18.1 Å². The Labute approximate surface area is 161 Å². The third-order valence-electron chi connectivity index (χ3n) is 4.53. The van der Waals surface area contributed by atoms with Gasteiger partial charge in [0.15, 0.2) is 0 Å². The molecule has 4 nitrogen and oxygen atoms in total. The Kier molecular flexibility index (Phi) is 4.85. The molecule has 3 heterocycles. The van der Waals surface area contributed by atoms with Crippen molar-refractivity contribution in [1.29, 1.82) is 0 Å². The number of benzene rings is 1. The first-order valence-corrected chi connectivity index (χ1v) is 9.73. The van der Waals surface area contributed by atoms with Gasteiger partial charge < -0.3 is 14.6 Å². The zero-order valence-corrected chi connectivity index (χ0v) is 15.9. The highest BCUT2D eigenvalue weighted by Crippen LogP contribution is 2.34. The number of hydrogen-bond donors (Lipinski definition) is 1. The third kappa shape index (κ3) is 3.43. The fourth-order valence-corrected chi connectivity index (χ4v) is 4.42. The van der Waals surface area contributed by atoms with Crippen LogP contribution in [0.2, 0.25) is 4.34 Å². The number of morpholine rings is 1. The number of carbonyl (C=O) groups excluding carboxylic acids is 1. The molecular formula is C20H19ClN2O2S. The highest BCUT2D eigenvalue weighted by atomic mass is 35.5. The van der Waals surface area contributed by atoms with Crippen LogP contribution in [0.3, 0.4) is 0 Å². The zero-order chi connectivity index (χ0) is 18.1. The first kappa shape index (κ1) is 17.3. The minimum Gasteiger partial charge on any atom is -0.367 e. The number of hydrogen-bond acceptors (Lipinski definition) is 3. The van der Waals surface area contributed by atoms with Gasteiger partial charge >= 0.3 is 0 Å². The number of amides is 1. The molecule has 4 rings (SSSR count). The molecule has 26 heavy (non-hydrogen) atoms. The van der Waals surface area contributed by atoms with Crippen molar-refractivity contribution in [3.05, 3.63) is 70.3 Å². The lowest BCUT2D eigenvalue weighted by Crippen LogP contribution is -2.46. The predicted octanol–water partition coefficient (Wildman–Crippen LogP) is 5.00. The number of carbonyl (C=O) groups is 1. The Balaban J connectivity index is 1.59. The number of aromatic amines is 1. The summed E-state index contributed by atoms with van der Waals surface area (Å²) in [6.07, 6.45) is 3.50. The molecule has 0 bridgehead atoms. The van der Waals surface area contributed by atoms with E-state index in [0.717, 1.165) is 16.0 Å². The normalized spacial score (nSPS) is 20.3. The summed E-state index contributed by atoms with van der Waals surface area (Å²) in [6, 6.07) is 13.9. The molecule has 2 aromatic heterocycles. The summed E-state index contributed by atoms with van der Waals surface area (Å²) in [5, 5.41) is 0. The molecule has 1 fully saturated rings. The van der Waals surface area contributed by atoms with E-state index < -0.39 is 0 Å². The molecule has 0 spiro atoms. The number of rotatable bonds is 3. The van der Waals surface area contributed by atoms with Crippen molar-refractivity contribution in [3.8, 4) is 10.4 Å². The number of H-pyrrole nitrogens is 1. The van der Waals surface area contributed by atoms with Crippen molar-refractivity contribution >= 4 is 28.8 Å². The molecule has 0 radical (unpaired) electrons.